The number of nitrogens with one attached hydrogen (secondary N) is 1. The van der Waals surface area contributed by atoms with E-state index in [1.165, 1.54) is 39.6 Å². The van der Waals surface area contributed by atoms with Gasteiger partial charge in [0, 0.05) is 30.5 Å². The number of hydrogen-bond acceptors (Lipinski definition) is 4. The van der Waals surface area contributed by atoms with E-state index in [1.54, 1.807) is 0 Å². The molecule has 5 rings (SSSR count). The zero-order valence-electron chi connectivity index (χ0n) is 19.0. The molecule has 0 aliphatic carbocycles. The Bertz CT molecular complexity index is 1200. The molecule has 0 saturated carbocycles. The molecule has 33 heavy (non-hydrogen) atoms. The van der Waals surface area contributed by atoms with Crippen molar-refractivity contribution in [2.24, 2.45) is 10.7 Å². The number of pyridine rings is 1. The number of nitrogens with two attached hydrogens (primary N) is 1. The minimum Gasteiger partial charge on any atom is -0.388 e. The summed E-state index contributed by atoms with van der Waals surface area (Å²) in [5, 5.41) is 4.93. The molecule has 0 fully saturated rings. The second kappa shape index (κ2) is 9.71. The van der Waals surface area contributed by atoms with Crippen molar-refractivity contribution in [2.45, 2.75) is 31.1 Å². The van der Waals surface area contributed by atoms with Crippen LogP contribution in [0.5, 0.6) is 0 Å². The van der Waals surface area contributed by atoms with Crippen molar-refractivity contribution >= 4 is 35.2 Å². The number of nitrogens with zero attached hydrogens (tertiary/aromatic N) is 3. The highest BCUT2D eigenvalue weighted by Gasteiger charge is 2.30. The molecule has 1 aromatic heterocycles. The number of para-hydroxylation sites is 2. The number of aliphatic imine (C=N–C) groups is 1. The predicted molar refractivity (Wildman–Crippen MR) is 139 cm³/mol. The molecule has 0 unspecified atom stereocenters. The van der Waals surface area contributed by atoms with E-state index in [0.29, 0.717) is 5.84 Å². The molecule has 0 spiro atoms. The quantitative estimate of drug-likeness (QED) is 0.227. The van der Waals surface area contributed by atoms with Crippen molar-refractivity contribution in [3.63, 3.8) is 0 Å². The van der Waals surface area contributed by atoms with Crippen molar-refractivity contribution in [3.8, 4) is 5.69 Å². The van der Waals surface area contributed by atoms with E-state index >= 15 is 0 Å². The standard InChI is InChI=1S/C27H29N5S/c1-20(28)29-14-7-15-30-25-18-21(13-17-31(25)23-10-3-2-4-11-23)19-26-32-16-6-9-22-8-5-12-24(33-26)27(22)32/h2-5,8,10-13,17-19H,6-7,9,14-16H2,1H3,(H2,28,29)/p+1. The van der Waals surface area contributed by atoms with Gasteiger partial charge in [-0.25, -0.2) is 4.57 Å². The van der Waals surface area contributed by atoms with Crippen molar-refractivity contribution < 1.29 is 4.57 Å². The molecule has 168 valence electrons. The average molecular weight is 457 g/mol. The Morgan fingerprint density at radius 3 is 2.91 bits per heavy atom. The number of aromatic nitrogens is 1. The number of aryl methyl sites for hydroxylation is 1. The van der Waals surface area contributed by atoms with Gasteiger partial charge in [-0.3, -0.25) is 10.3 Å². The summed E-state index contributed by atoms with van der Waals surface area (Å²) >= 11 is 1.88. The zero-order valence-corrected chi connectivity index (χ0v) is 19.8. The number of benzene rings is 2. The molecule has 0 amide bonds. The highest BCUT2D eigenvalue weighted by atomic mass is 32.2. The number of hydrogen-bond donors (Lipinski definition) is 2. The lowest BCUT2D eigenvalue weighted by atomic mass is 10.0. The van der Waals surface area contributed by atoms with Gasteiger partial charge >= 0.3 is 0 Å². The number of thioether (sulfide) groups is 1. The first-order valence-electron chi connectivity index (χ1n) is 11.6. The van der Waals surface area contributed by atoms with E-state index in [0.717, 1.165) is 37.6 Å². The zero-order chi connectivity index (χ0) is 22.6. The molecular weight excluding hydrogens is 426 g/mol. The third-order valence-corrected chi connectivity index (χ3v) is 7.06. The van der Waals surface area contributed by atoms with Gasteiger partial charge in [0.2, 0.25) is 0 Å². The van der Waals surface area contributed by atoms with E-state index < -0.39 is 0 Å². The van der Waals surface area contributed by atoms with E-state index in [9.17, 15) is 0 Å². The highest BCUT2D eigenvalue weighted by Crippen LogP contribution is 2.50. The minimum absolute atomic E-state index is 0.638. The molecule has 5 nitrogen and oxygen atoms in total. The first kappa shape index (κ1) is 21.6. The van der Waals surface area contributed by atoms with Gasteiger partial charge in [0.25, 0.3) is 5.82 Å². The van der Waals surface area contributed by atoms with Crippen LogP contribution in [0.25, 0.3) is 11.8 Å². The monoisotopic (exact) mass is 456 g/mol. The number of anilines is 2. The maximum atomic E-state index is 5.66. The molecule has 0 atom stereocenters. The molecule has 0 radical (unpaired) electrons. The van der Waals surface area contributed by atoms with Gasteiger partial charge in [0.05, 0.1) is 29.3 Å². The SMILES string of the molecule is CC(N)=NCCCNc1cc(C=C2Sc3cccc4c3N2CCC4)cc[n+]1-c1ccccc1. The summed E-state index contributed by atoms with van der Waals surface area (Å²) in [6.07, 6.45) is 7.78. The lowest BCUT2D eigenvalue weighted by Crippen LogP contribution is -2.34. The summed E-state index contributed by atoms with van der Waals surface area (Å²) in [7, 11) is 0. The fourth-order valence-corrected chi connectivity index (χ4v) is 5.64. The van der Waals surface area contributed by atoms with Crippen LogP contribution in [0.2, 0.25) is 0 Å². The second-order valence-electron chi connectivity index (χ2n) is 8.46. The van der Waals surface area contributed by atoms with Gasteiger partial charge < -0.3 is 10.6 Å². The summed E-state index contributed by atoms with van der Waals surface area (Å²) in [5.74, 6) is 1.71. The smallest absolute Gasteiger partial charge is 0.280 e. The van der Waals surface area contributed by atoms with Gasteiger partial charge in [-0.1, -0.05) is 42.1 Å². The molecule has 2 aliphatic heterocycles. The molecule has 3 aromatic rings. The Morgan fingerprint density at radius 2 is 2.06 bits per heavy atom. The van der Waals surface area contributed by atoms with Crippen LogP contribution in [0.1, 0.15) is 30.9 Å². The largest absolute Gasteiger partial charge is 0.388 e. The molecule has 3 heterocycles. The van der Waals surface area contributed by atoms with E-state index in [1.807, 2.05) is 24.8 Å². The Hall–Kier alpha value is -3.25. The summed E-state index contributed by atoms with van der Waals surface area (Å²) in [6, 6.07) is 21.6. The lowest BCUT2D eigenvalue weighted by molar-refractivity contribution is -0.580. The maximum Gasteiger partial charge on any atom is 0.280 e. The lowest BCUT2D eigenvalue weighted by Gasteiger charge is -2.27. The Labute approximate surface area is 200 Å². The topological polar surface area (TPSA) is 57.5 Å². The van der Waals surface area contributed by atoms with Crippen molar-refractivity contribution in [1.29, 1.82) is 0 Å². The molecule has 0 saturated heterocycles. The minimum atomic E-state index is 0.638. The third-order valence-electron chi connectivity index (χ3n) is 5.97. The summed E-state index contributed by atoms with van der Waals surface area (Å²) in [6.45, 7) is 4.49. The first-order valence-corrected chi connectivity index (χ1v) is 12.4. The van der Waals surface area contributed by atoms with Gasteiger partial charge in [-0.2, -0.15) is 0 Å². The predicted octanol–water partition coefficient (Wildman–Crippen LogP) is 5.00. The van der Waals surface area contributed by atoms with Crippen LogP contribution in [-0.4, -0.2) is 25.5 Å². The van der Waals surface area contributed by atoms with Crippen LogP contribution >= 0.6 is 11.8 Å². The van der Waals surface area contributed by atoms with Crippen LogP contribution < -0.4 is 20.5 Å². The third kappa shape index (κ3) is 4.76. The van der Waals surface area contributed by atoms with Gasteiger partial charge in [0.1, 0.15) is 5.69 Å². The van der Waals surface area contributed by atoms with Gasteiger partial charge in [0.15, 0.2) is 0 Å². The molecule has 2 aliphatic rings. The maximum absolute atomic E-state index is 5.66. The Kier molecular flexibility index (Phi) is 6.35. The number of amidine groups is 1. The normalized spacial score (nSPS) is 16.2. The van der Waals surface area contributed by atoms with Crippen molar-refractivity contribution in [2.75, 3.05) is 29.9 Å². The Balaban J connectivity index is 1.43. The summed E-state index contributed by atoms with van der Waals surface area (Å²) in [5.41, 5.74) is 10.9. The van der Waals surface area contributed by atoms with Gasteiger partial charge in [-0.15, -0.1) is 0 Å². The number of rotatable bonds is 7. The molecular formula is C27H30N5S+. The molecule has 3 N–H and O–H groups in total. The van der Waals surface area contributed by atoms with Crippen LogP contribution in [0.15, 0.2) is 81.8 Å². The average Bonchev–Trinajstić information content (AvgIpc) is 3.18. The van der Waals surface area contributed by atoms with Crippen molar-refractivity contribution in [3.05, 3.63) is 83.0 Å². The fraction of sp³-hybridized carbons (Fsp3) is 0.259. The summed E-state index contributed by atoms with van der Waals surface area (Å²) in [4.78, 5) is 8.18. The first-order chi connectivity index (χ1) is 16.2. The highest BCUT2D eigenvalue weighted by molar-refractivity contribution is 8.03. The van der Waals surface area contributed by atoms with Crippen LogP contribution in [-0.2, 0) is 6.42 Å². The van der Waals surface area contributed by atoms with Crippen LogP contribution in [0.3, 0.4) is 0 Å². The van der Waals surface area contributed by atoms with Crippen LogP contribution in [0.4, 0.5) is 11.5 Å². The molecule has 0 bridgehead atoms. The van der Waals surface area contributed by atoms with E-state index in [-0.39, 0.29) is 0 Å². The van der Waals surface area contributed by atoms with Crippen LogP contribution in [0, 0.1) is 0 Å². The van der Waals surface area contributed by atoms with E-state index in [2.05, 4.69) is 86.6 Å². The summed E-state index contributed by atoms with van der Waals surface area (Å²) < 4.78 is 2.20. The second-order valence-corrected chi connectivity index (χ2v) is 9.52. The van der Waals surface area contributed by atoms with E-state index in [4.69, 9.17) is 5.73 Å². The molecule has 6 heteroatoms. The van der Waals surface area contributed by atoms with Gasteiger partial charge in [-0.05, 0) is 61.2 Å². The molecule has 2 aromatic carbocycles. The van der Waals surface area contributed by atoms with Crippen molar-refractivity contribution in [1.82, 2.24) is 0 Å². The fourth-order valence-electron chi connectivity index (χ4n) is 4.44. The Morgan fingerprint density at radius 1 is 1.18 bits per heavy atom.